The first-order chi connectivity index (χ1) is 7.98. The molecule has 0 saturated heterocycles. The molecule has 1 aromatic heterocycles. The lowest BCUT2D eigenvalue weighted by Gasteiger charge is -2.10. The average Bonchev–Trinajstić information content (AvgIpc) is 2.30. The van der Waals surface area contributed by atoms with Gasteiger partial charge in [-0.25, -0.2) is 17.7 Å². The average molecular weight is 274 g/mol. The highest BCUT2D eigenvalue weighted by Crippen LogP contribution is 2.19. The van der Waals surface area contributed by atoms with E-state index in [1.807, 2.05) is 0 Å². The molecule has 0 N–H and O–H groups in total. The zero-order chi connectivity index (χ0) is 12.9. The Bertz CT molecular complexity index is 441. The SMILES string of the molecule is CCCCSc1ccc(S(=O)(=O)N(C)C)cn1. The van der Waals surface area contributed by atoms with Crippen molar-refractivity contribution in [1.29, 1.82) is 0 Å². The van der Waals surface area contributed by atoms with E-state index in [4.69, 9.17) is 0 Å². The van der Waals surface area contributed by atoms with Crippen molar-refractivity contribution in [2.75, 3.05) is 19.8 Å². The van der Waals surface area contributed by atoms with E-state index in [0.717, 1.165) is 23.6 Å². The van der Waals surface area contributed by atoms with Gasteiger partial charge < -0.3 is 0 Å². The normalized spacial score (nSPS) is 12.0. The van der Waals surface area contributed by atoms with E-state index in [1.54, 1.807) is 23.9 Å². The Balaban J connectivity index is 2.75. The van der Waals surface area contributed by atoms with Crippen molar-refractivity contribution in [3.63, 3.8) is 0 Å². The molecule has 0 bridgehead atoms. The molecule has 1 aromatic rings. The van der Waals surface area contributed by atoms with Crippen LogP contribution in [-0.2, 0) is 10.0 Å². The summed E-state index contributed by atoms with van der Waals surface area (Å²) in [5.74, 6) is 1.02. The van der Waals surface area contributed by atoms with Crippen LogP contribution in [0.25, 0.3) is 0 Å². The highest BCUT2D eigenvalue weighted by Gasteiger charge is 2.17. The summed E-state index contributed by atoms with van der Waals surface area (Å²) in [6.45, 7) is 2.14. The molecule has 0 atom stereocenters. The largest absolute Gasteiger partial charge is 0.249 e. The van der Waals surface area contributed by atoms with Crippen molar-refractivity contribution in [2.45, 2.75) is 29.7 Å². The standard InChI is InChI=1S/C11H18N2O2S2/c1-4-5-8-16-11-7-6-10(9-12-11)17(14,15)13(2)3/h6-7,9H,4-5,8H2,1-3H3. The van der Waals surface area contributed by atoms with E-state index in [1.165, 1.54) is 24.6 Å². The zero-order valence-electron chi connectivity index (χ0n) is 10.4. The number of hydrogen-bond donors (Lipinski definition) is 0. The number of sulfonamides is 1. The van der Waals surface area contributed by atoms with E-state index in [0.29, 0.717) is 0 Å². The predicted octanol–water partition coefficient (Wildman–Crippen LogP) is 2.22. The number of nitrogens with zero attached hydrogens (tertiary/aromatic N) is 2. The lowest BCUT2D eigenvalue weighted by Crippen LogP contribution is -2.22. The summed E-state index contributed by atoms with van der Waals surface area (Å²) < 4.78 is 24.8. The minimum absolute atomic E-state index is 0.238. The predicted molar refractivity (Wildman–Crippen MR) is 70.7 cm³/mol. The fourth-order valence-electron chi connectivity index (χ4n) is 1.14. The maximum absolute atomic E-state index is 11.8. The van der Waals surface area contributed by atoms with Gasteiger partial charge in [-0.2, -0.15) is 0 Å². The van der Waals surface area contributed by atoms with Crippen LogP contribution in [0.1, 0.15) is 19.8 Å². The fourth-order valence-corrected chi connectivity index (χ4v) is 2.92. The highest BCUT2D eigenvalue weighted by atomic mass is 32.2. The van der Waals surface area contributed by atoms with E-state index in [-0.39, 0.29) is 4.90 Å². The van der Waals surface area contributed by atoms with Gasteiger partial charge in [0.15, 0.2) is 0 Å². The lowest BCUT2D eigenvalue weighted by atomic mass is 10.4. The Hall–Kier alpha value is -0.590. The number of thioether (sulfide) groups is 1. The molecular formula is C11H18N2O2S2. The summed E-state index contributed by atoms with van der Waals surface area (Å²) in [7, 11) is -0.331. The van der Waals surface area contributed by atoms with E-state index >= 15 is 0 Å². The minimum Gasteiger partial charge on any atom is -0.249 e. The molecule has 0 aromatic carbocycles. The summed E-state index contributed by atoms with van der Waals surface area (Å²) in [5, 5.41) is 0.871. The van der Waals surface area contributed by atoms with Gasteiger partial charge in [0.2, 0.25) is 10.0 Å². The first-order valence-electron chi connectivity index (χ1n) is 5.50. The molecule has 0 aliphatic heterocycles. The number of rotatable bonds is 6. The second-order valence-corrected chi connectivity index (χ2v) is 7.09. The van der Waals surface area contributed by atoms with Crippen LogP contribution in [0.4, 0.5) is 0 Å². The van der Waals surface area contributed by atoms with Gasteiger partial charge in [-0.05, 0) is 24.3 Å². The molecule has 0 amide bonds. The molecule has 0 spiro atoms. The van der Waals surface area contributed by atoms with Crippen molar-refractivity contribution in [3.05, 3.63) is 18.3 Å². The maximum atomic E-state index is 11.8. The van der Waals surface area contributed by atoms with E-state index < -0.39 is 10.0 Å². The van der Waals surface area contributed by atoms with Gasteiger partial charge in [0, 0.05) is 20.3 Å². The van der Waals surface area contributed by atoms with Crippen molar-refractivity contribution >= 4 is 21.8 Å². The van der Waals surface area contributed by atoms with Crippen LogP contribution in [-0.4, -0.2) is 37.6 Å². The summed E-state index contributed by atoms with van der Waals surface area (Å²) in [6.07, 6.45) is 3.72. The summed E-state index contributed by atoms with van der Waals surface area (Å²) in [4.78, 5) is 4.39. The zero-order valence-corrected chi connectivity index (χ0v) is 12.0. The van der Waals surface area contributed by atoms with Crippen LogP contribution >= 0.6 is 11.8 Å². The minimum atomic E-state index is -3.36. The van der Waals surface area contributed by atoms with Crippen LogP contribution in [0.15, 0.2) is 28.3 Å². The molecule has 0 saturated carbocycles. The smallest absolute Gasteiger partial charge is 0.244 e. The molecule has 1 rings (SSSR count). The van der Waals surface area contributed by atoms with Gasteiger partial charge in [0.1, 0.15) is 4.90 Å². The maximum Gasteiger partial charge on any atom is 0.244 e. The molecule has 0 fully saturated rings. The third-order valence-corrected chi connectivity index (χ3v) is 5.06. The first-order valence-corrected chi connectivity index (χ1v) is 7.92. The van der Waals surface area contributed by atoms with E-state index in [2.05, 4.69) is 11.9 Å². The lowest BCUT2D eigenvalue weighted by molar-refractivity contribution is 0.520. The van der Waals surface area contributed by atoms with Crippen molar-refractivity contribution in [3.8, 4) is 0 Å². The third-order valence-electron chi connectivity index (χ3n) is 2.24. The van der Waals surface area contributed by atoms with Crippen molar-refractivity contribution < 1.29 is 8.42 Å². The van der Waals surface area contributed by atoms with Gasteiger partial charge in [-0.15, -0.1) is 11.8 Å². The second-order valence-electron chi connectivity index (χ2n) is 3.82. The number of aromatic nitrogens is 1. The van der Waals surface area contributed by atoms with Crippen LogP contribution in [0, 0.1) is 0 Å². The molecule has 0 aliphatic carbocycles. The number of hydrogen-bond acceptors (Lipinski definition) is 4. The highest BCUT2D eigenvalue weighted by molar-refractivity contribution is 7.99. The monoisotopic (exact) mass is 274 g/mol. The Morgan fingerprint density at radius 3 is 2.53 bits per heavy atom. The molecule has 0 aliphatic rings. The van der Waals surface area contributed by atoms with Crippen LogP contribution in [0.3, 0.4) is 0 Å². The molecular weight excluding hydrogens is 256 g/mol. The van der Waals surface area contributed by atoms with Gasteiger partial charge in [0.05, 0.1) is 5.03 Å². The molecule has 17 heavy (non-hydrogen) atoms. The van der Waals surface area contributed by atoms with Crippen LogP contribution in [0.2, 0.25) is 0 Å². The molecule has 0 unspecified atom stereocenters. The van der Waals surface area contributed by atoms with Crippen molar-refractivity contribution in [1.82, 2.24) is 9.29 Å². The topological polar surface area (TPSA) is 50.3 Å². The summed E-state index contributed by atoms with van der Waals surface area (Å²) in [6, 6.07) is 3.37. The first kappa shape index (κ1) is 14.5. The molecule has 6 heteroatoms. The Labute approximate surface area is 107 Å². The summed E-state index contributed by atoms with van der Waals surface area (Å²) >= 11 is 1.65. The summed E-state index contributed by atoms with van der Waals surface area (Å²) in [5.41, 5.74) is 0. The van der Waals surface area contributed by atoms with Gasteiger partial charge >= 0.3 is 0 Å². The Kier molecular flexibility index (Phi) is 5.42. The van der Waals surface area contributed by atoms with Gasteiger partial charge in [-0.1, -0.05) is 13.3 Å². The van der Waals surface area contributed by atoms with Crippen LogP contribution in [0.5, 0.6) is 0 Å². The van der Waals surface area contributed by atoms with Gasteiger partial charge in [0.25, 0.3) is 0 Å². The van der Waals surface area contributed by atoms with E-state index in [9.17, 15) is 8.42 Å². The second kappa shape index (κ2) is 6.37. The fraction of sp³-hybridized carbons (Fsp3) is 0.545. The van der Waals surface area contributed by atoms with Crippen LogP contribution < -0.4 is 0 Å². The third kappa shape index (κ3) is 3.97. The molecule has 0 radical (unpaired) electrons. The Morgan fingerprint density at radius 1 is 1.35 bits per heavy atom. The van der Waals surface area contributed by atoms with Gasteiger partial charge in [-0.3, -0.25) is 0 Å². The molecule has 4 nitrogen and oxygen atoms in total. The number of pyridine rings is 1. The molecule has 1 heterocycles. The Morgan fingerprint density at radius 2 is 2.06 bits per heavy atom. The quantitative estimate of drug-likeness (QED) is 0.589. The molecule has 96 valence electrons. The number of unbranched alkanes of at least 4 members (excludes halogenated alkanes) is 1. The van der Waals surface area contributed by atoms with Crippen molar-refractivity contribution in [2.24, 2.45) is 0 Å².